The van der Waals surface area contributed by atoms with Gasteiger partial charge in [0, 0.05) is 38.4 Å². The van der Waals surface area contributed by atoms with Gasteiger partial charge in [0.1, 0.15) is 0 Å². The van der Waals surface area contributed by atoms with E-state index in [9.17, 15) is 24.0 Å². The third-order valence-corrected chi connectivity index (χ3v) is 4.99. The van der Waals surface area contributed by atoms with Crippen LogP contribution in [0.3, 0.4) is 0 Å². The number of nitrogens with one attached hydrogen (secondary N) is 2. The summed E-state index contributed by atoms with van der Waals surface area (Å²) in [6, 6.07) is 0.472. The van der Waals surface area contributed by atoms with Crippen molar-refractivity contribution in [3.05, 3.63) is 0 Å². The van der Waals surface area contributed by atoms with Crippen LogP contribution in [0.2, 0.25) is 0 Å². The number of hydrogen-bond donors (Lipinski definition) is 2. The molecule has 2 aliphatic heterocycles. The van der Waals surface area contributed by atoms with Crippen LogP contribution in [0.25, 0.3) is 0 Å². The first kappa shape index (κ1) is 22.8. The topological polar surface area (TPSA) is 125 Å². The summed E-state index contributed by atoms with van der Waals surface area (Å²) in [6.07, 6.45) is 4.44. The zero-order valence-electron chi connectivity index (χ0n) is 16.9. The molecule has 0 aromatic carbocycles. The van der Waals surface area contributed by atoms with Crippen molar-refractivity contribution in [1.29, 1.82) is 0 Å². The lowest BCUT2D eigenvalue weighted by Gasteiger charge is -2.23. The maximum absolute atomic E-state index is 12.0. The first-order chi connectivity index (χ1) is 13.9. The number of hydroxylamine groups is 2. The van der Waals surface area contributed by atoms with Crippen LogP contribution in [0.5, 0.6) is 0 Å². The molecular weight excluding hydrogens is 389 g/mol. The number of imide groups is 1. The van der Waals surface area contributed by atoms with Gasteiger partial charge in [-0.05, 0) is 25.8 Å². The maximum Gasteiger partial charge on any atom is 0.334 e. The third-order valence-electron chi connectivity index (χ3n) is 4.99. The van der Waals surface area contributed by atoms with Gasteiger partial charge in [0.2, 0.25) is 11.8 Å². The van der Waals surface area contributed by atoms with E-state index in [1.807, 2.05) is 0 Å². The van der Waals surface area contributed by atoms with Crippen LogP contribution in [-0.2, 0) is 28.8 Å². The minimum absolute atomic E-state index is 0.0221. The van der Waals surface area contributed by atoms with Crippen molar-refractivity contribution >= 4 is 29.6 Å². The molecule has 0 aromatic heterocycles. The van der Waals surface area contributed by atoms with Gasteiger partial charge < -0.3 is 15.5 Å². The van der Waals surface area contributed by atoms with Gasteiger partial charge in [0.25, 0.3) is 11.8 Å². The molecule has 0 bridgehead atoms. The van der Waals surface area contributed by atoms with Crippen LogP contribution >= 0.6 is 0 Å². The summed E-state index contributed by atoms with van der Waals surface area (Å²) in [5, 5.41) is 5.76. The third kappa shape index (κ3) is 7.45. The molecule has 2 aliphatic rings. The summed E-state index contributed by atoms with van der Waals surface area (Å²) in [7, 11) is 0. The Bertz CT molecular complexity index is 622. The molecule has 0 saturated carbocycles. The van der Waals surface area contributed by atoms with Gasteiger partial charge in [0.05, 0.1) is 13.0 Å². The molecule has 10 nitrogen and oxygen atoms in total. The average molecular weight is 419 g/mol. The Balaban J connectivity index is 1.54. The smallest absolute Gasteiger partial charge is 0.334 e. The Kier molecular flexibility index (Phi) is 9.04. The van der Waals surface area contributed by atoms with E-state index < -0.39 is 17.8 Å². The fourth-order valence-electron chi connectivity index (χ4n) is 3.52. The molecule has 0 aromatic rings. The Morgan fingerprint density at radius 2 is 1.69 bits per heavy atom. The van der Waals surface area contributed by atoms with Crippen molar-refractivity contribution in [2.24, 2.45) is 0 Å². The number of carbonyl (C=O) groups is 5. The number of nitrogens with zero attached hydrogens (tertiary/aromatic N) is 2. The molecule has 29 heavy (non-hydrogen) atoms. The molecule has 1 atom stereocenters. The number of hydrogen-bond acceptors (Lipinski definition) is 7. The summed E-state index contributed by atoms with van der Waals surface area (Å²) in [5.41, 5.74) is 0. The second-order valence-corrected chi connectivity index (χ2v) is 7.30. The molecule has 2 fully saturated rings. The highest BCUT2D eigenvalue weighted by Gasteiger charge is 2.32. The van der Waals surface area contributed by atoms with E-state index in [-0.39, 0.29) is 50.6 Å². The van der Waals surface area contributed by atoms with Crippen molar-refractivity contribution in [1.82, 2.24) is 20.6 Å². The lowest BCUT2D eigenvalue weighted by molar-refractivity contribution is -0.197. The predicted molar refractivity (Wildman–Crippen MR) is 102 cm³/mol. The molecule has 0 aliphatic carbocycles. The summed E-state index contributed by atoms with van der Waals surface area (Å²) in [6.45, 7) is 3.67. The van der Waals surface area contributed by atoms with Crippen LogP contribution in [0.4, 0.5) is 0 Å². The maximum atomic E-state index is 12.0. The van der Waals surface area contributed by atoms with Crippen LogP contribution in [0.15, 0.2) is 0 Å². The second kappa shape index (κ2) is 11.5. The lowest BCUT2D eigenvalue weighted by Crippen LogP contribution is -2.41. The molecule has 4 amide bonds. The van der Waals surface area contributed by atoms with Gasteiger partial charge in [-0.15, -0.1) is 5.06 Å². The monoisotopic (exact) mass is 419 g/mol. The average Bonchev–Trinajstić information content (AvgIpc) is 3.23. The van der Waals surface area contributed by atoms with Crippen molar-refractivity contribution in [3.63, 3.8) is 0 Å². The standard InChI is InChI=1S/C19H30N4O6/c1-2-4-14-5-3-12-22(14)13-16(25)21-10-8-15(24)20-11-9-19(28)29-23-17(26)6-7-18(23)27/h14H,2-13H2,1H3,(H,20,24)(H,21,25)/i1+1,2+1,9+1,11+1,13+1,15+1,19+1,20+1,21+1. The lowest BCUT2D eigenvalue weighted by atomic mass is 10.2. The van der Waals surface area contributed by atoms with E-state index >= 15 is 0 Å². The van der Waals surface area contributed by atoms with E-state index in [4.69, 9.17) is 4.84 Å². The highest BCUT2D eigenvalue weighted by atomic mass is 16.8. The van der Waals surface area contributed by atoms with Gasteiger partial charge in [-0.25, -0.2) is 4.79 Å². The van der Waals surface area contributed by atoms with Gasteiger partial charge in [-0.1, -0.05) is 13.3 Å². The highest BCUT2D eigenvalue weighted by molar-refractivity contribution is 6.01. The molecule has 162 valence electrons. The first-order valence-corrected chi connectivity index (χ1v) is 10.2. The molecule has 0 radical (unpaired) electrons. The van der Waals surface area contributed by atoms with Crippen LogP contribution in [0, 0.1) is 0 Å². The van der Waals surface area contributed by atoms with Gasteiger partial charge in [0.15, 0.2) is 0 Å². The van der Waals surface area contributed by atoms with Crippen molar-refractivity contribution < 1.29 is 28.8 Å². The number of carbonyl (C=O) groups excluding carboxylic acids is 5. The number of amides is 4. The summed E-state index contributed by atoms with van der Waals surface area (Å²) in [4.78, 5) is 65.1. The van der Waals surface area contributed by atoms with Gasteiger partial charge >= 0.3 is 5.97 Å². The summed E-state index contributed by atoms with van der Waals surface area (Å²) >= 11 is 0. The molecule has 0 spiro atoms. The fourth-order valence-corrected chi connectivity index (χ4v) is 3.52. The van der Waals surface area contributed by atoms with Crippen molar-refractivity contribution in [2.75, 3.05) is 26.2 Å². The predicted octanol–water partition coefficient (Wildman–Crippen LogP) is -0.129. The molecule has 1 unspecified atom stereocenters. The van der Waals surface area contributed by atoms with Gasteiger partial charge in [-0.3, -0.25) is 24.1 Å². The van der Waals surface area contributed by atoms with Crippen LogP contribution in [-0.4, -0.2) is 71.8 Å². The SMILES string of the molecule is [13CH3][13CH2]CC1CCCN1[13CH2]C(=O)[15NH]CC[13C](=O)[15NH][13CH2][13CH2][13C](=O)ON1C(=O)CCC1=O. The zero-order chi connectivity index (χ0) is 21.2. The molecule has 2 heterocycles. The zero-order valence-corrected chi connectivity index (χ0v) is 16.9. The minimum atomic E-state index is -0.769. The van der Waals surface area contributed by atoms with Crippen molar-refractivity contribution in [2.45, 2.75) is 64.3 Å². The van der Waals surface area contributed by atoms with E-state index in [0.29, 0.717) is 17.6 Å². The Hall–Kier alpha value is -2.49. The number of rotatable bonds is 11. The van der Waals surface area contributed by atoms with E-state index in [1.165, 1.54) is 0 Å². The Morgan fingerprint density at radius 3 is 2.38 bits per heavy atom. The quantitative estimate of drug-likeness (QED) is 0.272. The van der Waals surface area contributed by atoms with Crippen molar-refractivity contribution in [3.8, 4) is 0 Å². The Morgan fingerprint density at radius 1 is 1.03 bits per heavy atom. The summed E-state index contributed by atoms with van der Waals surface area (Å²) in [5.74, 6) is -2.26. The highest BCUT2D eigenvalue weighted by Crippen LogP contribution is 2.20. The van der Waals surface area contributed by atoms with E-state index in [1.54, 1.807) is 0 Å². The molecule has 10 heteroatoms. The molecule has 2 saturated heterocycles. The largest absolute Gasteiger partial charge is 0.355 e. The van der Waals surface area contributed by atoms with Crippen LogP contribution < -0.4 is 10.6 Å². The van der Waals surface area contributed by atoms with Crippen LogP contribution in [0.1, 0.15) is 58.3 Å². The molecule has 2 N–H and O–H groups in total. The fraction of sp³-hybridized carbons (Fsp3) is 0.737. The first-order valence-electron chi connectivity index (χ1n) is 10.2. The molecular formula is C19H30N4O6. The van der Waals surface area contributed by atoms with Gasteiger partial charge in [-0.2, -0.15) is 0 Å². The second-order valence-electron chi connectivity index (χ2n) is 7.30. The normalized spacial score (nSPS) is 19.5. The van der Waals surface area contributed by atoms with E-state index in [0.717, 1.165) is 32.2 Å². The summed E-state index contributed by atoms with van der Waals surface area (Å²) < 4.78 is 0. The Labute approximate surface area is 170 Å². The van der Waals surface area contributed by atoms with E-state index in [2.05, 4.69) is 22.5 Å². The molecule has 2 rings (SSSR count). The number of likely N-dealkylation sites (tertiary alicyclic amines) is 1. The minimum Gasteiger partial charge on any atom is -0.355 e.